The van der Waals surface area contributed by atoms with Crippen LogP contribution in [0.25, 0.3) is 0 Å². The summed E-state index contributed by atoms with van der Waals surface area (Å²) in [5.74, 6) is 5.27. The van der Waals surface area contributed by atoms with Gasteiger partial charge >= 0.3 is 0 Å². The lowest BCUT2D eigenvalue weighted by Gasteiger charge is -2.22. The number of amides is 1. The highest BCUT2D eigenvalue weighted by molar-refractivity contribution is 8.00. The standard InChI is InChI=1S/C17H24N2O5S2/c1-5-6-11-24-13-7-9-14(10-8-13)26(22,23)19-15(16(20)18-21)12-25-17(2,3)4/h7-10,15,19,21H,11-12H2,1-4H3,(H,18,20)/t15-/m1/s1. The monoisotopic (exact) mass is 400 g/mol. The zero-order valence-corrected chi connectivity index (χ0v) is 16.8. The van der Waals surface area contributed by atoms with Gasteiger partial charge in [0.15, 0.2) is 0 Å². The molecule has 1 aromatic rings. The highest BCUT2D eigenvalue weighted by Crippen LogP contribution is 2.24. The van der Waals surface area contributed by atoms with Crippen molar-refractivity contribution in [2.75, 3.05) is 12.4 Å². The van der Waals surface area contributed by atoms with Crippen LogP contribution in [0.15, 0.2) is 29.2 Å². The van der Waals surface area contributed by atoms with Crippen molar-refractivity contribution in [3.05, 3.63) is 24.3 Å². The molecule has 0 spiro atoms. The maximum Gasteiger partial charge on any atom is 0.262 e. The summed E-state index contributed by atoms with van der Waals surface area (Å²) in [5, 5.41) is 8.87. The van der Waals surface area contributed by atoms with Gasteiger partial charge in [-0.25, -0.2) is 13.9 Å². The van der Waals surface area contributed by atoms with Crippen molar-refractivity contribution in [1.82, 2.24) is 10.2 Å². The van der Waals surface area contributed by atoms with Gasteiger partial charge in [-0.1, -0.05) is 26.7 Å². The first-order valence-corrected chi connectivity index (χ1v) is 10.3. The van der Waals surface area contributed by atoms with E-state index >= 15 is 0 Å². The minimum atomic E-state index is -3.94. The molecule has 0 radical (unpaired) electrons. The fraction of sp³-hybridized carbons (Fsp3) is 0.471. The quantitative estimate of drug-likeness (QED) is 0.349. The van der Waals surface area contributed by atoms with Gasteiger partial charge < -0.3 is 4.74 Å². The Morgan fingerprint density at radius 3 is 2.42 bits per heavy atom. The number of rotatable bonds is 8. The number of hydroxylamine groups is 1. The third kappa shape index (κ3) is 7.66. The highest BCUT2D eigenvalue weighted by Gasteiger charge is 2.27. The molecule has 0 aromatic heterocycles. The Bertz CT molecular complexity index is 759. The molecule has 0 unspecified atom stereocenters. The number of nitrogens with one attached hydrogen (secondary N) is 2. The molecule has 1 atom stereocenters. The molecular formula is C17H24N2O5S2. The predicted octanol–water partition coefficient (Wildman–Crippen LogP) is 1.77. The van der Waals surface area contributed by atoms with Crippen molar-refractivity contribution in [2.24, 2.45) is 0 Å². The van der Waals surface area contributed by atoms with E-state index in [0.29, 0.717) is 5.75 Å². The smallest absolute Gasteiger partial charge is 0.262 e. The summed E-state index contributed by atoms with van der Waals surface area (Å²) < 4.78 is 32.5. The summed E-state index contributed by atoms with van der Waals surface area (Å²) in [4.78, 5) is 11.8. The van der Waals surface area contributed by atoms with Crippen LogP contribution in [0, 0.1) is 11.8 Å². The largest absolute Gasteiger partial charge is 0.481 e. The number of benzene rings is 1. The van der Waals surface area contributed by atoms with Crippen molar-refractivity contribution in [3.63, 3.8) is 0 Å². The van der Waals surface area contributed by atoms with Crippen LogP contribution in [0.2, 0.25) is 0 Å². The molecule has 0 fully saturated rings. The van der Waals surface area contributed by atoms with Crippen molar-refractivity contribution >= 4 is 27.7 Å². The van der Waals surface area contributed by atoms with Crippen LogP contribution < -0.4 is 14.9 Å². The van der Waals surface area contributed by atoms with Crippen molar-refractivity contribution in [2.45, 2.75) is 43.4 Å². The van der Waals surface area contributed by atoms with Crippen molar-refractivity contribution < 1.29 is 23.2 Å². The molecule has 7 nitrogen and oxygen atoms in total. The minimum absolute atomic E-state index is 0.0112. The lowest BCUT2D eigenvalue weighted by molar-refractivity contribution is -0.130. The van der Waals surface area contributed by atoms with Gasteiger partial charge in [0.2, 0.25) is 10.0 Å². The summed E-state index contributed by atoms with van der Waals surface area (Å²) in [6.45, 7) is 7.75. The Hall–Kier alpha value is -1.73. The molecule has 0 saturated heterocycles. The number of hydrogen-bond donors (Lipinski definition) is 3. The van der Waals surface area contributed by atoms with E-state index in [2.05, 4.69) is 16.6 Å². The second-order valence-electron chi connectivity index (χ2n) is 6.26. The number of ether oxygens (including phenoxy) is 1. The topological polar surface area (TPSA) is 105 Å². The molecule has 9 heteroatoms. The zero-order chi connectivity index (χ0) is 19.8. The van der Waals surface area contributed by atoms with Gasteiger partial charge in [-0.15, -0.1) is 5.92 Å². The third-order valence-electron chi connectivity index (χ3n) is 3.03. The fourth-order valence-electron chi connectivity index (χ4n) is 1.74. The SMILES string of the molecule is CC#CCOc1ccc(S(=O)(=O)N[C@H](CSC(C)(C)C)C(=O)NO)cc1. The van der Waals surface area contributed by atoms with E-state index in [1.54, 1.807) is 6.92 Å². The fourth-order valence-corrected chi connectivity index (χ4v) is 3.94. The first-order valence-electron chi connectivity index (χ1n) is 7.82. The first-order chi connectivity index (χ1) is 12.1. The Morgan fingerprint density at radius 1 is 1.31 bits per heavy atom. The summed E-state index contributed by atoms with van der Waals surface area (Å²) in [7, 11) is -3.94. The van der Waals surface area contributed by atoms with Crippen LogP contribution in [-0.2, 0) is 14.8 Å². The highest BCUT2D eigenvalue weighted by atomic mass is 32.2. The minimum Gasteiger partial charge on any atom is -0.481 e. The molecule has 0 aliphatic carbocycles. The Morgan fingerprint density at radius 2 is 1.92 bits per heavy atom. The van der Waals surface area contributed by atoms with E-state index in [4.69, 9.17) is 9.94 Å². The van der Waals surface area contributed by atoms with Crippen LogP contribution in [-0.4, -0.2) is 42.7 Å². The van der Waals surface area contributed by atoms with Crippen molar-refractivity contribution in [3.8, 4) is 17.6 Å². The maximum absolute atomic E-state index is 12.5. The molecule has 144 valence electrons. The zero-order valence-electron chi connectivity index (χ0n) is 15.2. The molecule has 0 bridgehead atoms. The second kappa shape index (κ2) is 9.83. The van der Waals surface area contributed by atoms with E-state index in [-0.39, 0.29) is 22.0 Å². The third-order valence-corrected chi connectivity index (χ3v) is 5.88. The van der Waals surface area contributed by atoms with E-state index in [9.17, 15) is 13.2 Å². The molecule has 1 rings (SSSR count). The van der Waals surface area contributed by atoms with Crippen LogP contribution in [0.1, 0.15) is 27.7 Å². The van der Waals surface area contributed by atoms with Crippen LogP contribution in [0.5, 0.6) is 5.75 Å². The Balaban J connectivity index is 2.88. The van der Waals surface area contributed by atoms with E-state index in [1.807, 2.05) is 20.8 Å². The molecule has 0 aliphatic rings. The number of carbonyl (C=O) groups excluding carboxylic acids is 1. The molecule has 3 N–H and O–H groups in total. The molecule has 0 saturated carbocycles. The van der Waals surface area contributed by atoms with Crippen LogP contribution in [0.3, 0.4) is 0 Å². The Kier molecular flexibility index (Phi) is 8.43. The van der Waals surface area contributed by atoms with Crippen molar-refractivity contribution in [1.29, 1.82) is 0 Å². The van der Waals surface area contributed by atoms with Gasteiger partial charge in [-0.3, -0.25) is 10.0 Å². The van der Waals surface area contributed by atoms with E-state index < -0.39 is 22.0 Å². The van der Waals surface area contributed by atoms with Gasteiger partial charge in [-0.2, -0.15) is 16.5 Å². The summed E-state index contributed by atoms with van der Waals surface area (Å²) in [5.41, 5.74) is 1.50. The Labute approximate surface area is 158 Å². The maximum atomic E-state index is 12.5. The number of hydrogen-bond acceptors (Lipinski definition) is 6. The molecule has 1 aromatic carbocycles. The van der Waals surface area contributed by atoms with E-state index in [0.717, 1.165) is 0 Å². The first kappa shape index (κ1) is 22.3. The van der Waals surface area contributed by atoms with Gasteiger partial charge in [-0.05, 0) is 31.2 Å². The predicted molar refractivity (Wildman–Crippen MR) is 102 cm³/mol. The summed E-state index contributed by atoms with van der Waals surface area (Å²) in [6, 6.07) is 4.67. The summed E-state index contributed by atoms with van der Waals surface area (Å²) in [6.07, 6.45) is 0. The number of sulfonamides is 1. The molecule has 1 amide bonds. The van der Waals surface area contributed by atoms with Gasteiger partial charge in [0, 0.05) is 10.5 Å². The lowest BCUT2D eigenvalue weighted by atomic mass is 10.3. The van der Waals surface area contributed by atoms with Crippen LogP contribution >= 0.6 is 11.8 Å². The summed E-state index contributed by atoms with van der Waals surface area (Å²) >= 11 is 1.40. The lowest BCUT2D eigenvalue weighted by Crippen LogP contribution is -2.47. The van der Waals surface area contributed by atoms with E-state index in [1.165, 1.54) is 41.5 Å². The average molecular weight is 401 g/mol. The molecule has 0 heterocycles. The normalized spacial score (nSPS) is 12.7. The van der Waals surface area contributed by atoms with Gasteiger partial charge in [0.05, 0.1) is 4.90 Å². The van der Waals surface area contributed by atoms with Gasteiger partial charge in [0.25, 0.3) is 5.91 Å². The molecule has 0 aliphatic heterocycles. The number of thioether (sulfide) groups is 1. The average Bonchev–Trinajstić information content (AvgIpc) is 2.58. The molecule has 26 heavy (non-hydrogen) atoms. The van der Waals surface area contributed by atoms with Crippen LogP contribution in [0.4, 0.5) is 0 Å². The second-order valence-corrected chi connectivity index (χ2v) is 9.82. The van der Waals surface area contributed by atoms with Gasteiger partial charge in [0.1, 0.15) is 18.4 Å². The number of carbonyl (C=O) groups is 1. The molecular weight excluding hydrogens is 376 g/mol.